The number of aryl methyl sites for hydroxylation is 2. The van der Waals surface area contributed by atoms with Crippen LogP contribution in [-0.2, 0) is 5.75 Å². The first-order valence-corrected chi connectivity index (χ1v) is 12.7. The molecule has 0 spiro atoms. The fraction of sp³-hybridized carbons (Fsp3) is 0.520. The minimum atomic E-state index is 0.0241. The number of nitrogens with one attached hydrogen (secondary N) is 1. The number of carbonyl (C=O) groups is 1. The molecule has 6 nitrogen and oxygen atoms in total. The quantitative estimate of drug-likeness (QED) is 0.573. The molecule has 32 heavy (non-hydrogen) atoms. The standard InChI is InChI=1S/C25H29N5OS/c1-15-7-16(2)30-23(26-15)27-24(29-30)32-14-20-5-3-4-6-21(20)22(31)28-25-11-17-8-18(12-25)10-19(9-17)13-25/h3-7,17-19H,8-14H2,1-2H3,(H,28,31). The maximum atomic E-state index is 13.4. The lowest BCUT2D eigenvalue weighted by Gasteiger charge is -2.56. The fourth-order valence-electron chi connectivity index (χ4n) is 6.79. The highest BCUT2D eigenvalue weighted by Gasteiger charge is 2.51. The third-order valence-corrected chi connectivity index (χ3v) is 8.52. The van der Waals surface area contributed by atoms with E-state index in [1.807, 2.05) is 44.2 Å². The molecule has 3 aromatic rings. The molecular weight excluding hydrogens is 418 g/mol. The van der Waals surface area contributed by atoms with Gasteiger partial charge < -0.3 is 5.32 Å². The van der Waals surface area contributed by atoms with Crippen molar-refractivity contribution in [2.75, 3.05) is 0 Å². The zero-order valence-corrected chi connectivity index (χ0v) is 19.5. The number of carbonyl (C=O) groups excluding carboxylic acids is 1. The van der Waals surface area contributed by atoms with Crippen LogP contribution in [0.5, 0.6) is 0 Å². The van der Waals surface area contributed by atoms with E-state index in [9.17, 15) is 4.79 Å². The van der Waals surface area contributed by atoms with Gasteiger partial charge in [0.1, 0.15) is 0 Å². The summed E-state index contributed by atoms with van der Waals surface area (Å²) in [5.41, 5.74) is 3.79. The van der Waals surface area contributed by atoms with Crippen molar-refractivity contribution in [2.24, 2.45) is 17.8 Å². The summed E-state index contributed by atoms with van der Waals surface area (Å²) in [5.74, 6) is 3.80. The highest BCUT2D eigenvalue weighted by Crippen LogP contribution is 2.55. The Hall–Kier alpha value is -2.41. The van der Waals surface area contributed by atoms with Crippen molar-refractivity contribution < 1.29 is 4.79 Å². The average Bonchev–Trinajstić information content (AvgIpc) is 3.14. The van der Waals surface area contributed by atoms with Crippen molar-refractivity contribution in [3.05, 3.63) is 52.8 Å². The fourth-order valence-corrected chi connectivity index (χ4v) is 7.61. The van der Waals surface area contributed by atoms with Crippen LogP contribution < -0.4 is 5.32 Å². The predicted molar refractivity (Wildman–Crippen MR) is 125 cm³/mol. The first-order valence-electron chi connectivity index (χ1n) is 11.7. The van der Waals surface area contributed by atoms with Crippen molar-refractivity contribution in [3.8, 4) is 0 Å². The van der Waals surface area contributed by atoms with Gasteiger partial charge in [-0.2, -0.15) is 4.98 Å². The first-order chi connectivity index (χ1) is 15.5. The normalized spacial score (nSPS) is 28.4. The molecule has 4 fully saturated rings. The highest BCUT2D eigenvalue weighted by molar-refractivity contribution is 7.98. The van der Waals surface area contributed by atoms with E-state index in [0.29, 0.717) is 16.7 Å². The van der Waals surface area contributed by atoms with E-state index >= 15 is 0 Å². The van der Waals surface area contributed by atoms with Gasteiger partial charge in [0.05, 0.1) is 0 Å². The van der Waals surface area contributed by atoms with E-state index in [2.05, 4.69) is 20.4 Å². The summed E-state index contributed by atoms with van der Waals surface area (Å²) >= 11 is 1.55. The molecule has 0 radical (unpaired) electrons. The summed E-state index contributed by atoms with van der Waals surface area (Å²) in [6, 6.07) is 9.97. The van der Waals surface area contributed by atoms with Crippen molar-refractivity contribution in [1.82, 2.24) is 24.9 Å². The van der Waals surface area contributed by atoms with E-state index in [-0.39, 0.29) is 11.4 Å². The monoisotopic (exact) mass is 447 g/mol. The van der Waals surface area contributed by atoms with Crippen molar-refractivity contribution in [2.45, 2.75) is 68.8 Å². The molecule has 166 valence electrons. The van der Waals surface area contributed by atoms with Gasteiger partial charge in [-0.1, -0.05) is 30.0 Å². The maximum absolute atomic E-state index is 13.4. The lowest BCUT2D eigenvalue weighted by atomic mass is 9.53. The van der Waals surface area contributed by atoms with E-state index in [1.54, 1.807) is 16.3 Å². The van der Waals surface area contributed by atoms with Gasteiger partial charge in [-0.3, -0.25) is 4.79 Å². The molecule has 0 saturated heterocycles. The van der Waals surface area contributed by atoms with E-state index in [1.165, 1.54) is 38.5 Å². The van der Waals surface area contributed by atoms with Crippen LogP contribution in [0.15, 0.2) is 35.5 Å². The number of hydrogen-bond acceptors (Lipinski definition) is 5. The summed E-state index contributed by atoms with van der Waals surface area (Å²) in [4.78, 5) is 22.5. The van der Waals surface area contributed by atoms with Gasteiger partial charge >= 0.3 is 0 Å². The van der Waals surface area contributed by atoms with Gasteiger partial charge in [-0.05, 0) is 87.8 Å². The lowest BCUT2D eigenvalue weighted by molar-refractivity contribution is -0.0167. The molecule has 4 aliphatic carbocycles. The second kappa shape index (κ2) is 7.58. The molecule has 2 heterocycles. The van der Waals surface area contributed by atoms with Crippen LogP contribution in [0.4, 0.5) is 0 Å². The SMILES string of the molecule is Cc1cc(C)n2nc(SCc3ccccc3C(=O)NC34CC5CC(CC(C5)C3)C4)nc2n1. The van der Waals surface area contributed by atoms with Gasteiger partial charge in [0, 0.05) is 28.2 Å². The molecule has 7 rings (SSSR count). The van der Waals surface area contributed by atoms with Gasteiger partial charge in [0.25, 0.3) is 11.7 Å². The molecule has 4 bridgehead atoms. The molecule has 4 aliphatic rings. The number of nitrogens with zero attached hydrogens (tertiary/aromatic N) is 4. The van der Waals surface area contributed by atoms with Gasteiger partial charge in [-0.25, -0.2) is 9.50 Å². The summed E-state index contributed by atoms with van der Waals surface area (Å²) in [7, 11) is 0. The Labute approximate surface area is 192 Å². The Bertz CT molecular complexity index is 1170. The lowest BCUT2D eigenvalue weighted by Crippen LogP contribution is -2.59. The predicted octanol–water partition coefficient (Wildman–Crippen LogP) is 4.73. The van der Waals surface area contributed by atoms with Crippen molar-refractivity contribution >= 4 is 23.4 Å². The number of fused-ring (bicyclic) bond motifs is 1. The van der Waals surface area contributed by atoms with Crippen LogP contribution in [0.25, 0.3) is 5.78 Å². The number of hydrogen-bond donors (Lipinski definition) is 1. The summed E-state index contributed by atoms with van der Waals surface area (Å²) in [6.45, 7) is 3.97. The summed E-state index contributed by atoms with van der Waals surface area (Å²) < 4.78 is 1.78. The zero-order chi connectivity index (χ0) is 21.9. The Balaban J connectivity index is 1.20. The van der Waals surface area contributed by atoms with E-state index in [4.69, 9.17) is 0 Å². The second-order valence-electron chi connectivity index (χ2n) is 10.2. The first kappa shape index (κ1) is 20.2. The summed E-state index contributed by atoms with van der Waals surface area (Å²) in [5, 5.41) is 8.80. The number of amides is 1. The molecule has 0 atom stereocenters. The number of aromatic nitrogens is 4. The largest absolute Gasteiger partial charge is 0.347 e. The van der Waals surface area contributed by atoms with Crippen LogP contribution >= 0.6 is 11.8 Å². The number of rotatable bonds is 5. The van der Waals surface area contributed by atoms with Crippen molar-refractivity contribution in [1.29, 1.82) is 0 Å². The van der Waals surface area contributed by atoms with Crippen LogP contribution in [0.1, 0.15) is 65.8 Å². The zero-order valence-electron chi connectivity index (χ0n) is 18.7. The molecule has 0 aliphatic heterocycles. The molecule has 1 amide bonds. The number of benzene rings is 1. The maximum Gasteiger partial charge on any atom is 0.253 e. The van der Waals surface area contributed by atoms with Gasteiger partial charge in [0.2, 0.25) is 5.16 Å². The molecule has 2 aromatic heterocycles. The Morgan fingerprint density at radius 1 is 1.09 bits per heavy atom. The van der Waals surface area contributed by atoms with Gasteiger partial charge in [-0.15, -0.1) is 5.10 Å². The van der Waals surface area contributed by atoms with Crippen molar-refractivity contribution in [3.63, 3.8) is 0 Å². The topological polar surface area (TPSA) is 72.2 Å². The van der Waals surface area contributed by atoms with E-state index in [0.717, 1.165) is 40.3 Å². The molecule has 7 heteroatoms. The minimum absolute atomic E-state index is 0.0241. The molecule has 4 saturated carbocycles. The smallest absolute Gasteiger partial charge is 0.253 e. The van der Waals surface area contributed by atoms with Crippen LogP contribution in [-0.4, -0.2) is 31.0 Å². The summed E-state index contributed by atoms with van der Waals surface area (Å²) in [6.07, 6.45) is 7.63. The van der Waals surface area contributed by atoms with Crippen LogP contribution in [0, 0.1) is 31.6 Å². The highest BCUT2D eigenvalue weighted by atomic mass is 32.2. The average molecular weight is 448 g/mol. The Kier molecular flexibility index (Phi) is 4.79. The molecule has 0 unspecified atom stereocenters. The minimum Gasteiger partial charge on any atom is -0.347 e. The number of thioether (sulfide) groups is 1. The third kappa shape index (κ3) is 3.60. The van der Waals surface area contributed by atoms with Gasteiger partial charge in [0.15, 0.2) is 0 Å². The molecule has 1 N–H and O–H groups in total. The Morgan fingerprint density at radius 3 is 2.50 bits per heavy atom. The van der Waals surface area contributed by atoms with Crippen LogP contribution in [0.3, 0.4) is 0 Å². The molecule has 1 aromatic carbocycles. The Morgan fingerprint density at radius 2 is 1.78 bits per heavy atom. The van der Waals surface area contributed by atoms with Crippen LogP contribution in [0.2, 0.25) is 0 Å². The third-order valence-electron chi connectivity index (χ3n) is 7.63. The van der Waals surface area contributed by atoms with E-state index < -0.39 is 0 Å². The molecular formula is C25H29N5OS. The second-order valence-corrected chi connectivity index (χ2v) is 11.2.